The lowest BCUT2D eigenvalue weighted by Crippen LogP contribution is -2.41. The highest BCUT2D eigenvalue weighted by atomic mass is 19.4. The van der Waals surface area contributed by atoms with E-state index >= 15 is 0 Å². The second-order valence-electron chi connectivity index (χ2n) is 13.1. The van der Waals surface area contributed by atoms with Gasteiger partial charge in [-0.05, 0) is 97.0 Å². The number of aryl methyl sites for hydroxylation is 1. The van der Waals surface area contributed by atoms with Crippen LogP contribution in [0.3, 0.4) is 0 Å². The Morgan fingerprint density at radius 1 is 0.956 bits per heavy atom. The number of halogens is 4. The number of nitrogens with one attached hydrogen (secondary N) is 1. The largest absolute Gasteiger partial charge is 0.416 e. The van der Waals surface area contributed by atoms with Crippen LogP contribution in [-0.2, 0) is 10.9 Å². The first-order chi connectivity index (χ1) is 21.5. The molecule has 1 saturated carbocycles. The number of amides is 1. The molecular formula is C36H44F4N2O3. The highest BCUT2D eigenvalue weighted by Gasteiger charge is 2.33. The van der Waals surface area contributed by atoms with Crippen LogP contribution >= 0.6 is 0 Å². The predicted octanol–water partition coefficient (Wildman–Crippen LogP) is 5.90. The fourth-order valence-electron chi connectivity index (χ4n) is 7.13. The summed E-state index contributed by atoms with van der Waals surface area (Å²) in [5.41, 5.74) is 0.344. The number of rotatable bonds is 9. The molecule has 1 heterocycles. The van der Waals surface area contributed by atoms with Gasteiger partial charge in [-0.25, -0.2) is 4.39 Å². The van der Waals surface area contributed by atoms with Gasteiger partial charge in [-0.1, -0.05) is 38.0 Å². The van der Waals surface area contributed by atoms with Gasteiger partial charge in [0.15, 0.2) is 5.78 Å². The van der Waals surface area contributed by atoms with E-state index in [1.165, 1.54) is 0 Å². The fraction of sp³-hybridized carbons (Fsp3) is 0.556. The van der Waals surface area contributed by atoms with E-state index in [1.807, 2.05) is 13.0 Å². The summed E-state index contributed by atoms with van der Waals surface area (Å²) in [5, 5.41) is 5.34. The summed E-state index contributed by atoms with van der Waals surface area (Å²) in [6.07, 6.45) is 5.85. The molecule has 45 heavy (non-hydrogen) atoms. The van der Waals surface area contributed by atoms with Gasteiger partial charge in [-0.15, -0.1) is 0 Å². The molecule has 3 aliphatic rings. The van der Waals surface area contributed by atoms with E-state index < -0.39 is 23.3 Å². The van der Waals surface area contributed by atoms with Gasteiger partial charge in [0.2, 0.25) is 0 Å². The fourth-order valence-corrected chi connectivity index (χ4v) is 7.13. The molecule has 4 unspecified atom stereocenters. The van der Waals surface area contributed by atoms with Crippen molar-refractivity contribution in [1.82, 2.24) is 10.2 Å². The van der Waals surface area contributed by atoms with E-state index in [-0.39, 0.29) is 17.4 Å². The van der Waals surface area contributed by atoms with E-state index in [4.69, 9.17) is 4.74 Å². The Kier molecular flexibility index (Phi) is 10.8. The Morgan fingerprint density at radius 3 is 2.44 bits per heavy atom. The van der Waals surface area contributed by atoms with Crippen LogP contribution in [0, 0.1) is 36.4 Å². The molecule has 2 fully saturated rings. The molecular weight excluding hydrogens is 584 g/mol. The molecule has 2 aromatic carbocycles. The number of hydrogen-bond acceptors (Lipinski definition) is 4. The van der Waals surface area contributed by atoms with Crippen LogP contribution < -0.4 is 15.8 Å². The zero-order valence-electron chi connectivity index (χ0n) is 26.2. The molecule has 5 rings (SSSR count). The van der Waals surface area contributed by atoms with E-state index in [9.17, 15) is 27.2 Å². The molecule has 1 amide bonds. The normalized spacial score (nSPS) is 24.1. The van der Waals surface area contributed by atoms with Crippen LogP contribution in [0.1, 0.15) is 83.7 Å². The SMILES string of the molecule is Cc1cc2c(cc1C(=O)NCCN1CCOCC1)=CC(CCC1CCCC(C(=O)c3ccc(C(F)(F)F)cc3F)CC1)C(C)C=2. The number of Topliss-reactive ketones (excluding diaryl/α,β-unsaturated/α-hetero) is 1. The van der Waals surface area contributed by atoms with Crippen LogP contribution in [0.5, 0.6) is 0 Å². The predicted molar refractivity (Wildman–Crippen MR) is 167 cm³/mol. The molecule has 244 valence electrons. The number of carbonyl (C=O) groups is 2. The van der Waals surface area contributed by atoms with Crippen molar-refractivity contribution >= 4 is 23.8 Å². The smallest absolute Gasteiger partial charge is 0.379 e. The monoisotopic (exact) mass is 628 g/mol. The van der Waals surface area contributed by atoms with E-state index in [1.54, 1.807) is 0 Å². The number of fused-ring (bicyclic) bond motifs is 1. The number of benzene rings is 2. The molecule has 1 N–H and O–H groups in total. The maximum Gasteiger partial charge on any atom is 0.416 e. The van der Waals surface area contributed by atoms with Gasteiger partial charge in [0.1, 0.15) is 5.82 Å². The highest BCUT2D eigenvalue weighted by Crippen LogP contribution is 2.36. The van der Waals surface area contributed by atoms with E-state index in [2.05, 4.69) is 35.4 Å². The minimum absolute atomic E-state index is 0.0501. The third-order valence-corrected chi connectivity index (χ3v) is 9.93. The summed E-state index contributed by atoms with van der Waals surface area (Å²) >= 11 is 0. The van der Waals surface area contributed by atoms with Crippen LogP contribution in [0.25, 0.3) is 12.2 Å². The van der Waals surface area contributed by atoms with Crippen molar-refractivity contribution in [3.63, 3.8) is 0 Å². The molecule has 1 saturated heterocycles. The first kappa shape index (κ1) is 33.3. The molecule has 0 bridgehead atoms. The van der Waals surface area contributed by atoms with Crippen molar-refractivity contribution in [2.75, 3.05) is 39.4 Å². The quantitative estimate of drug-likeness (QED) is 0.214. The number of carbonyl (C=O) groups excluding carboxylic acids is 2. The van der Waals surface area contributed by atoms with Gasteiger partial charge >= 0.3 is 6.18 Å². The number of morpholine rings is 1. The number of nitrogens with zero attached hydrogens (tertiary/aromatic N) is 1. The van der Waals surface area contributed by atoms with Gasteiger partial charge in [0, 0.05) is 37.7 Å². The Balaban J connectivity index is 1.17. The number of alkyl halides is 3. The summed E-state index contributed by atoms with van der Waals surface area (Å²) in [4.78, 5) is 28.4. The average Bonchev–Trinajstić information content (AvgIpc) is 3.25. The molecule has 2 aromatic rings. The summed E-state index contributed by atoms with van der Waals surface area (Å²) in [7, 11) is 0. The molecule has 0 radical (unpaired) electrons. The minimum Gasteiger partial charge on any atom is -0.379 e. The molecule has 5 nitrogen and oxygen atoms in total. The average molecular weight is 629 g/mol. The van der Waals surface area contributed by atoms with Crippen LogP contribution in [-0.4, -0.2) is 56.0 Å². The van der Waals surface area contributed by atoms with Crippen molar-refractivity contribution < 1.29 is 31.9 Å². The zero-order valence-corrected chi connectivity index (χ0v) is 26.2. The maximum absolute atomic E-state index is 14.5. The second-order valence-corrected chi connectivity index (χ2v) is 13.1. The lowest BCUT2D eigenvalue weighted by molar-refractivity contribution is -0.137. The number of ether oxygens (including phenoxy) is 1. The highest BCUT2D eigenvalue weighted by molar-refractivity contribution is 5.98. The van der Waals surface area contributed by atoms with Crippen LogP contribution in [0.4, 0.5) is 17.6 Å². The van der Waals surface area contributed by atoms with Gasteiger partial charge < -0.3 is 10.1 Å². The van der Waals surface area contributed by atoms with E-state index in [0.717, 1.165) is 93.1 Å². The summed E-state index contributed by atoms with van der Waals surface area (Å²) in [6.45, 7) is 8.86. The molecule has 9 heteroatoms. The lowest BCUT2D eigenvalue weighted by atomic mass is 9.81. The molecule has 4 atom stereocenters. The molecule has 2 aliphatic carbocycles. The first-order valence-corrected chi connectivity index (χ1v) is 16.3. The van der Waals surface area contributed by atoms with Gasteiger partial charge in [0.05, 0.1) is 24.3 Å². The minimum atomic E-state index is -4.65. The van der Waals surface area contributed by atoms with Crippen molar-refractivity contribution in [1.29, 1.82) is 0 Å². The number of ketones is 1. The van der Waals surface area contributed by atoms with Crippen molar-refractivity contribution in [2.24, 2.45) is 23.7 Å². The second kappa shape index (κ2) is 14.6. The molecule has 0 spiro atoms. The van der Waals surface area contributed by atoms with Crippen molar-refractivity contribution in [3.05, 3.63) is 68.8 Å². The zero-order chi connectivity index (χ0) is 32.1. The van der Waals surface area contributed by atoms with Crippen LogP contribution in [0.2, 0.25) is 0 Å². The summed E-state index contributed by atoms with van der Waals surface area (Å²) in [5.74, 6) is -0.786. The van der Waals surface area contributed by atoms with Crippen molar-refractivity contribution in [3.8, 4) is 0 Å². The summed E-state index contributed by atoms with van der Waals surface area (Å²) in [6, 6.07) is 6.33. The third-order valence-electron chi connectivity index (χ3n) is 9.93. The van der Waals surface area contributed by atoms with Gasteiger partial charge in [0.25, 0.3) is 5.91 Å². The molecule has 1 aliphatic heterocycles. The van der Waals surface area contributed by atoms with Gasteiger partial charge in [-0.3, -0.25) is 14.5 Å². The topological polar surface area (TPSA) is 58.6 Å². The Morgan fingerprint density at radius 2 is 1.71 bits per heavy atom. The Bertz CT molecular complexity index is 1500. The Hall–Kier alpha value is -3.04. The van der Waals surface area contributed by atoms with Crippen LogP contribution in [0.15, 0.2) is 30.3 Å². The third kappa shape index (κ3) is 8.41. The standard InChI is InChI=1S/C36H44F4N2O3/c1-23-18-28-19-24(2)32(35(44)41-12-13-42-14-16-45-17-15-42)21-29(28)20-27(23)9-7-25-4-3-5-26(8-6-25)34(43)31-11-10-30(22-33(31)37)36(38,39)40/h10-11,18-23,25-27H,3-9,12-17H2,1-2H3,(H,41,44). The maximum atomic E-state index is 14.5. The van der Waals surface area contributed by atoms with Gasteiger partial charge in [-0.2, -0.15) is 13.2 Å². The lowest BCUT2D eigenvalue weighted by Gasteiger charge is -2.26. The van der Waals surface area contributed by atoms with E-state index in [0.29, 0.717) is 48.8 Å². The molecule has 0 aromatic heterocycles. The summed E-state index contributed by atoms with van der Waals surface area (Å²) < 4.78 is 58.7. The van der Waals surface area contributed by atoms with Crippen molar-refractivity contribution in [2.45, 2.75) is 65.0 Å². The Labute approximate surface area is 262 Å². The first-order valence-electron chi connectivity index (χ1n) is 16.3. The number of hydrogen-bond donors (Lipinski definition) is 1.